The maximum atomic E-state index is 12.3. The third-order valence-electron chi connectivity index (χ3n) is 3.66. The SMILES string of the molecule is O=C(Nc1nnc(CCSc2ccccc2)o1)c1cc2ccccc2o1. The lowest BCUT2D eigenvalue weighted by molar-refractivity contribution is 0.0995. The molecule has 0 radical (unpaired) electrons. The van der Waals surface area contributed by atoms with Crippen molar-refractivity contribution in [3.8, 4) is 0 Å². The highest BCUT2D eigenvalue weighted by molar-refractivity contribution is 7.99. The van der Waals surface area contributed by atoms with Crippen LogP contribution in [-0.2, 0) is 6.42 Å². The predicted octanol–water partition coefficient (Wildman–Crippen LogP) is 4.40. The second-order valence-corrected chi connectivity index (χ2v) is 6.68. The molecule has 4 aromatic rings. The number of hydrogen-bond acceptors (Lipinski definition) is 6. The van der Waals surface area contributed by atoms with E-state index >= 15 is 0 Å². The number of amides is 1. The summed E-state index contributed by atoms with van der Waals surface area (Å²) in [7, 11) is 0. The summed E-state index contributed by atoms with van der Waals surface area (Å²) in [5, 5.41) is 11.3. The number of carbonyl (C=O) groups excluding carboxylic acids is 1. The van der Waals surface area contributed by atoms with E-state index in [1.807, 2.05) is 36.4 Å². The minimum Gasteiger partial charge on any atom is -0.451 e. The molecule has 2 heterocycles. The molecular formula is C19H15N3O3S. The molecule has 0 aliphatic carbocycles. The van der Waals surface area contributed by atoms with Gasteiger partial charge >= 0.3 is 6.01 Å². The maximum Gasteiger partial charge on any atom is 0.322 e. The smallest absolute Gasteiger partial charge is 0.322 e. The third-order valence-corrected chi connectivity index (χ3v) is 4.68. The number of carbonyl (C=O) groups is 1. The highest BCUT2D eigenvalue weighted by Gasteiger charge is 2.15. The Hall–Kier alpha value is -3.06. The van der Waals surface area contributed by atoms with Crippen molar-refractivity contribution in [1.82, 2.24) is 10.2 Å². The molecular weight excluding hydrogens is 350 g/mol. The van der Waals surface area contributed by atoms with Crippen molar-refractivity contribution in [2.75, 3.05) is 11.1 Å². The number of rotatable bonds is 6. The van der Waals surface area contributed by atoms with Crippen LogP contribution in [0.5, 0.6) is 0 Å². The van der Waals surface area contributed by atoms with Gasteiger partial charge in [-0.1, -0.05) is 41.5 Å². The zero-order chi connectivity index (χ0) is 17.8. The summed E-state index contributed by atoms with van der Waals surface area (Å²) in [5.74, 6) is 1.07. The first kappa shape index (κ1) is 16.4. The molecule has 7 heteroatoms. The third kappa shape index (κ3) is 3.78. The van der Waals surface area contributed by atoms with Gasteiger partial charge in [-0.05, 0) is 24.3 Å². The number of aryl methyl sites for hydroxylation is 1. The van der Waals surface area contributed by atoms with Gasteiger partial charge in [-0.25, -0.2) is 0 Å². The van der Waals surface area contributed by atoms with Gasteiger partial charge in [0, 0.05) is 22.5 Å². The molecule has 0 aliphatic heterocycles. The second kappa shape index (κ2) is 7.45. The fourth-order valence-corrected chi connectivity index (χ4v) is 3.29. The van der Waals surface area contributed by atoms with Gasteiger partial charge in [-0.15, -0.1) is 16.9 Å². The number of para-hydroxylation sites is 1. The Morgan fingerprint density at radius 1 is 1.00 bits per heavy atom. The molecule has 0 unspecified atom stereocenters. The molecule has 130 valence electrons. The minimum absolute atomic E-state index is 0.0650. The molecule has 1 amide bonds. The summed E-state index contributed by atoms with van der Waals surface area (Å²) in [6, 6.07) is 19.3. The molecule has 0 saturated carbocycles. The number of hydrogen-bond donors (Lipinski definition) is 1. The van der Waals surface area contributed by atoms with E-state index < -0.39 is 5.91 Å². The number of furan rings is 1. The number of thioether (sulfide) groups is 1. The molecule has 0 atom stereocenters. The Balaban J connectivity index is 1.34. The van der Waals surface area contributed by atoms with Crippen LogP contribution in [0.2, 0.25) is 0 Å². The number of anilines is 1. The standard InChI is InChI=1S/C19H15N3O3S/c23-18(16-12-13-6-4-5-9-15(13)24-16)20-19-22-21-17(25-19)10-11-26-14-7-2-1-3-8-14/h1-9,12H,10-11H2,(H,20,22,23). The first-order chi connectivity index (χ1) is 12.8. The molecule has 2 aromatic heterocycles. The molecule has 0 spiro atoms. The highest BCUT2D eigenvalue weighted by Crippen LogP contribution is 2.21. The lowest BCUT2D eigenvalue weighted by Crippen LogP contribution is -2.10. The van der Waals surface area contributed by atoms with Crippen LogP contribution in [0.25, 0.3) is 11.0 Å². The van der Waals surface area contributed by atoms with Crippen molar-refractivity contribution in [3.63, 3.8) is 0 Å². The van der Waals surface area contributed by atoms with Crippen molar-refractivity contribution in [3.05, 3.63) is 72.3 Å². The van der Waals surface area contributed by atoms with Crippen LogP contribution in [0.4, 0.5) is 6.01 Å². The van der Waals surface area contributed by atoms with Crippen LogP contribution < -0.4 is 5.32 Å². The van der Waals surface area contributed by atoms with Crippen molar-refractivity contribution < 1.29 is 13.6 Å². The van der Waals surface area contributed by atoms with Gasteiger partial charge in [0.15, 0.2) is 5.76 Å². The van der Waals surface area contributed by atoms with Gasteiger partial charge in [0.25, 0.3) is 5.91 Å². The van der Waals surface area contributed by atoms with Gasteiger partial charge in [0.1, 0.15) is 5.58 Å². The number of nitrogens with one attached hydrogen (secondary N) is 1. The quantitative estimate of drug-likeness (QED) is 0.510. The number of aromatic nitrogens is 2. The molecule has 0 bridgehead atoms. The molecule has 26 heavy (non-hydrogen) atoms. The predicted molar refractivity (Wildman–Crippen MR) is 99.3 cm³/mol. The zero-order valence-corrected chi connectivity index (χ0v) is 14.5. The van der Waals surface area contributed by atoms with Crippen molar-refractivity contribution in [1.29, 1.82) is 0 Å². The molecule has 6 nitrogen and oxygen atoms in total. The van der Waals surface area contributed by atoms with Crippen LogP contribution in [0, 0.1) is 0 Å². The van der Waals surface area contributed by atoms with Crippen LogP contribution in [-0.4, -0.2) is 21.9 Å². The van der Waals surface area contributed by atoms with Crippen LogP contribution in [0.15, 0.2) is 74.4 Å². The number of nitrogens with zero attached hydrogens (tertiary/aromatic N) is 2. The normalized spacial score (nSPS) is 10.9. The maximum absolute atomic E-state index is 12.3. The fourth-order valence-electron chi connectivity index (χ4n) is 2.43. The summed E-state index contributed by atoms with van der Waals surface area (Å²) < 4.78 is 11.0. The van der Waals surface area contributed by atoms with E-state index in [2.05, 4.69) is 27.6 Å². The molecule has 0 saturated heterocycles. The summed E-state index contributed by atoms with van der Waals surface area (Å²) in [6.07, 6.45) is 0.618. The Morgan fingerprint density at radius 3 is 2.65 bits per heavy atom. The summed E-state index contributed by atoms with van der Waals surface area (Å²) in [6.45, 7) is 0. The topological polar surface area (TPSA) is 81.2 Å². The monoisotopic (exact) mass is 365 g/mol. The Morgan fingerprint density at radius 2 is 1.81 bits per heavy atom. The van der Waals surface area contributed by atoms with Gasteiger partial charge in [-0.2, -0.15) is 0 Å². The average Bonchev–Trinajstić information content (AvgIpc) is 3.29. The van der Waals surface area contributed by atoms with Gasteiger partial charge in [0.2, 0.25) is 5.89 Å². The Kier molecular flexibility index (Phi) is 4.70. The van der Waals surface area contributed by atoms with Gasteiger partial charge in [-0.3, -0.25) is 10.1 Å². The second-order valence-electron chi connectivity index (χ2n) is 5.52. The van der Waals surface area contributed by atoms with Crippen molar-refractivity contribution in [2.24, 2.45) is 0 Å². The van der Waals surface area contributed by atoms with Crippen LogP contribution in [0.3, 0.4) is 0 Å². The van der Waals surface area contributed by atoms with E-state index in [0.29, 0.717) is 17.9 Å². The Bertz CT molecular complexity index is 994. The summed E-state index contributed by atoms with van der Waals surface area (Å²) in [5.41, 5.74) is 0.654. The van der Waals surface area contributed by atoms with Crippen molar-refractivity contribution in [2.45, 2.75) is 11.3 Å². The molecule has 2 aromatic carbocycles. The average molecular weight is 365 g/mol. The van der Waals surface area contributed by atoms with E-state index in [4.69, 9.17) is 8.83 Å². The number of benzene rings is 2. The summed E-state index contributed by atoms with van der Waals surface area (Å²) in [4.78, 5) is 13.4. The van der Waals surface area contributed by atoms with E-state index in [1.54, 1.807) is 23.9 Å². The van der Waals surface area contributed by atoms with Crippen molar-refractivity contribution >= 4 is 34.7 Å². The molecule has 0 aliphatic rings. The van der Waals surface area contributed by atoms with Crippen LogP contribution >= 0.6 is 11.8 Å². The minimum atomic E-state index is -0.421. The zero-order valence-electron chi connectivity index (χ0n) is 13.7. The largest absolute Gasteiger partial charge is 0.451 e. The molecule has 4 rings (SSSR count). The fraction of sp³-hybridized carbons (Fsp3) is 0.105. The van der Waals surface area contributed by atoms with Crippen LogP contribution in [0.1, 0.15) is 16.4 Å². The number of fused-ring (bicyclic) bond motifs is 1. The lowest BCUT2D eigenvalue weighted by atomic mass is 10.2. The van der Waals surface area contributed by atoms with Gasteiger partial charge < -0.3 is 8.83 Å². The molecule has 1 N–H and O–H groups in total. The van der Waals surface area contributed by atoms with E-state index in [1.165, 1.54) is 4.90 Å². The van der Waals surface area contributed by atoms with E-state index in [9.17, 15) is 4.79 Å². The molecule has 0 fully saturated rings. The first-order valence-corrected chi connectivity index (χ1v) is 9.07. The Labute approximate surface area is 153 Å². The first-order valence-electron chi connectivity index (χ1n) is 8.08. The van der Waals surface area contributed by atoms with Gasteiger partial charge in [0.05, 0.1) is 0 Å². The van der Waals surface area contributed by atoms with E-state index in [0.717, 1.165) is 11.1 Å². The lowest BCUT2D eigenvalue weighted by Gasteiger charge is -1.98. The highest BCUT2D eigenvalue weighted by atomic mass is 32.2. The van der Waals surface area contributed by atoms with E-state index in [-0.39, 0.29) is 11.8 Å². The summed E-state index contributed by atoms with van der Waals surface area (Å²) >= 11 is 1.71.